The quantitative estimate of drug-likeness (QED) is 0.440. The van der Waals surface area contributed by atoms with Gasteiger partial charge in [0.2, 0.25) is 0 Å². The number of carbonyl (C=O) groups is 1. The van der Waals surface area contributed by atoms with E-state index in [1.165, 1.54) is 6.26 Å². The third kappa shape index (κ3) is 5.01. The third-order valence-corrected chi connectivity index (χ3v) is 3.78. The van der Waals surface area contributed by atoms with Gasteiger partial charge in [0.25, 0.3) is 0 Å². The summed E-state index contributed by atoms with van der Waals surface area (Å²) in [5, 5.41) is 3.97. The summed E-state index contributed by atoms with van der Waals surface area (Å²) in [6.45, 7) is 3.46. The zero-order chi connectivity index (χ0) is 17.4. The molecular formula is C17H19Cl2N3O2. The van der Waals surface area contributed by atoms with E-state index in [9.17, 15) is 4.79 Å². The number of rotatable bonds is 8. The molecule has 1 heterocycles. The molecule has 0 radical (unpaired) electrons. The molecule has 1 aromatic heterocycles. The lowest BCUT2D eigenvalue weighted by molar-refractivity contribution is 0.0927. The molecule has 128 valence electrons. The Bertz CT molecular complexity index is 681. The summed E-state index contributed by atoms with van der Waals surface area (Å²) in [7, 11) is 0. The molecule has 0 aliphatic carbocycles. The van der Waals surface area contributed by atoms with Gasteiger partial charge in [-0.2, -0.15) is 5.10 Å². The van der Waals surface area contributed by atoms with E-state index in [0.29, 0.717) is 11.8 Å². The van der Waals surface area contributed by atoms with Gasteiger partial charge in [0.1, 0.15) is 0 Å². The minimum Gasteiger partial charge on any atom is -0.459 e. The number of nitrogens with one attached hydrogen (secondary N) is 1. The molecule has 0 aliphatic rings. The minimum absolute atomic E-state index is 0.219. The Hall–Kier alpha value is -1.98. The van der Waals surface area contributed by atoms with Crippen molar-refractivity contribution in [2.75, 3.05) is 29.7 Å². The highest BCUT2D eigenvalue weighted by molar-refractivity contribution is 6.18. The first-order valence-electron chi connectivity index (χ1n) is 7.50. The first-order chi connectivity index (χ1) is 11.7. The molecule has 0 aliphatic heterocycles. The van der Waals surface area contributed by atoms with E-state index in [4.69, 9.17) is 27.6 Å². The summed E-state index contributed by atoms with van der Waals surface area (Å²) in [5.74, 6) is 0.911. The number of hydrogen-bond acceptors (Lipinski definition) is 4. The zero-order valence-electron chi connectivity index (χ0n) is 13.3. The average molecular weight is 368 g/mol. The predicted molar refractivity (Wildman–Crippen MR) is 98.6 cm³/mol. The standard InChI is InChI=1S/C17H19Cl2N3O2/c1-13-11-15(22(8-6-18)9-7-19)5-4-14(13)12-20-21-17(23)16-3-2-10-24-16/h2-5,10-12H,6-9H2,1H3,(H,21,23). The summed E-state index contributed by atoms with van der Waals surface area (Å²) >= 11 is 11.7. The highest BCUT2D eigenvalue weighted by Crippen LogP contribution is 2.18. The fourth-order valence-electron chi connectivity index (χ4n) is 2.20. The smallest absolute Gasteiger partial charge is 0.307 e. The molecule has 5 nitrogen and oxygen atoms in total. The Balaban J connectivity index is 2.03. The van der Waals surface area contributed by atoms with E-state index in [-0.39, 0.29) is 11.7 Å². The van der Waals surface area contributed by atoms with Crippen molar-refractivity contribution < 1.29 is 9.21 Å². The molecule has 2 aromatic rings. The van der Waals surface area contributed by atoms with Crippen LogP contribution in [0.15, 0.2) is 46.1 Å². The van der Waals surface area contributed by atoms with Crippen molar-refractivity contribution >= 4 is 41.0 Å². The summed E-state index contributed by atoms with van der Waals surface area (Å²) < 4.78 is 5.00. The van der Waals surface area contributed by atoms with Crippen molar-refractivity contribution in [2.24, 2.45) is 5.10 Å². The predicted octanol–water partition coefficient (Wildman–Crippen LogP) is 3.64. The SMILES string of the molecule is Cc1cc(N(CCCl)CCCl)ccc1C=NNC(=O)c1ccco1. The monoisotopic (exact) mass is 367 g/mol. The van der Waals surface area contributed by atoms with E-state index >= 15 is 0 Å². The van der Waals surface area contributed by atoms with Gasteiger partial charge in [-0.05, 0) is 42.3 Å². The summed E-state index contributed by atoms with van der Waals surface area (Å²) in [6.07, 6.45) is 3.04. The number of hydrogen-bond donors (Lipinski definition) is 1. The maximum Gasteiger partial charge on any atom is 0.307 e. The van der Waals surface area contributed by atoms with Crippen LogP contribution in [0, 0.1) is 6.92 Å². The summed E-state index contributed by atoms with van der Waals surface area (Å²) in [5.41, 5.74) is 5.44. The molecule has 0 atom stereocenters. The second kappa shape index (κ2) is 9.35. The van der Waals surface area contributed by atoms with Crippen molar-refractivity contribution in [1.82, 2.24) is 5.43 Å². The van der Waals surface area contributed by atoms with Crippen molar-refractivity contribution in [3.63, 3.8) is 0 Å². The van der Waals surface area contributed by atoms with Crippen molar-refractivity contribution in [2.45, 2.75) is 6.92 Å². The second-order valence-corrected chi connectivity index (χ2v) is 5.84. The van der Waals surface area contributed by atoms with Crippen LogP contribution in [0.3, 0.4) is 0 Å². The molecule has 7 heteroatoms. The Kier molecular flexibility index (Phi) is 7.15. The maximum absolute atomic E-state index is 11.7. The Morgan fingerprint density at radius 3 is 2.62 bits per heavy atom. The van der Waals surface area contributed by atoms with Gasteiger partial charge < -0.3 is 9.32 Å². The lowest BCUT2D eigenvalue weighted by Crippen LogP contribution is -2.27. The average Bonchev–Trinajstić information content (AvgIpc) is 3.10. The number of amides is 1. The Morgan fingerprint density at radius 1 is 1.29 bits per heavy atom. The van der Waals surface area contributed by atoms with Crippen LogP contribution < -0.4 is 10.3 Å². The summed E-state index contributed by atoms with van der Waals surface area (Å²) in [6, 6.07) is 9.21. The van der Waals surface area contributed by atoms with Crippen LogP contribution in [0.2, 0.25) is 0 Å². The molecule has 0 unspecified atom stereocenters. The van der Waals surface area contributed by atoms with E-state index in [0.717, 1.165) is 29.9 Å². The molecule has 0 spiro atoms. The van der Waals surface area contributed by atoms with Crippen LogP contribution in [0.1, 0.15) is 21.7 Å². The maximum atomic E-state index is 11.7. The molecule has 0 fully saturated rings. The van der Waals surface area contributed by atoms with Gasteiger partial charge in [-0.15, -0.1) is 23.2 Å². The van der Waals surface area contributed by atoms with Crippen LogP contribution in [-0.4, -0.2) is 37.0 Å². The van der Waals surface area contributed by atoms with Crippen LogP contribution in [0.5, 0.6) is 0 Å². The summed E-state index contributed by atoms with van der Waals surface area (Å²) in [4.78, 5) is 13.8. The number of aryl methyl sites for hydroxylation is 1. The molecule has 2 rings (SSSR count). The van der Waals surface area contributed by atoms with Gasteiger partial charge in [-0.1, -0.05) is 6.07 Å². The number of halogens is 2. The molecule has 0 bridgehead atoms. The van der Waals surface area contributed by atoms with Gasteiger partial charge >= 0.3 is 5.91 Å². The fourth-order valence-corrected chi connectivity index (χ4v) is 2.61. The molecule has 0 saturated carbocycles. The number of carbonyl (C=O) groups excluding carboxylic acids is 1. The van der Waals surface area contributed by atoms with E-state index in [2.05, 4.69) is 21.5 Å². The number of benzene rings is 1. The van der Waals surface area contributed by atoms with Crippen LogP contribution >= 0.6 is 23.2 Å². The number of anilines is 1. The third-order valence-electron chi connectivity index (χ3n) is 3.44. The van der Waals surface area contributed by atoms with Crippen LogP contribution in [0.4, 0.5) is 5.69 Å². The molecule has 24 heavy (non-hydrogen) atoms. The minimum atomic E-state index is -0.388. The first kappa shape index (κ1) is 18.4. The largest absolute Gasteiger partial charge is 0.459 e. The Morgan fingerprint density at radius 2 is 2.04 bits per heavy atom. The molecule has 1 aromatic carbocycles. The van der Waals surface area contributed by atoms with Gasteiger partial charge in [0.05, 0.1) is 12.5 Å². The number of furan rings is 1. The fraction of sp³-hybridized carbons (Fsp3) is 0.294. The van der Waals surface area contributed by atoms with Crippen LogP contribution in [0.25, 0.3) is 0 Å². The lowest BCUT2D eigenvalue weighted by atomic mass is 10.1. The van der Waals surface area contributed by atoms with Gasteiger partial charge in [0, 0.05) is 30.5 Å². The van der Waals surface area contributed by atoms with Crippen molar-refractivity contribution in [1.29, 1.82) is 0 Å². The highest BCUT2D eigenvalue weighted by Gasteiger charge is 2.08. The zero-order valence-corrected chi connectivity index (χ0v) is 14.8. The van der Waals surface area contributed by atoms with E-state index in [1.54, 1.807) is 18.3 Å². The number of alkyl halides is 2. The molecule has 1 N–H and O–H groups in total. The van der Waals surface area contributed by atoms with Crippen LogP contribution in [-0.2, 0) is 0 Å². The van der Waals surface area contributed by atoms with Crippen molar-refractivity contribution in [3.05, 3.63) is 53.5 Å². The van der Waals surface area contributed by atoms with Gasteiger partial charge in [-0.25, -0.2) is 5.43 Å². The topological polar surface area (TPSA) is 57.8 Å². The van der Waals surface area contributed by atoms with E-state index in [1.807, 2.05) is 19.1 Å². The van der Waals surface area contributed by atoms with Crippen molar-refractivity contribution in [3.8, 4) is 0 Å². The Labute approximate surface area is 151 Å². The molecule has 0 saturated heterocycles. The van der Waals surface area contributed by atoms with E-state index < -0.39 is 0 Å². The normalized spacial score (nSPS) is 11.0. The first-order valence-corrected chi connectivity index (χ1v) is 8.57. The molecule has 1 amide bonds. The molecular weight excluding hydrogens is 349 g/mol. The number of nitrogens with zero attached hydrogens (tertiary/aromatic N) is 2. The van der Waals surface area contributed by atoms with Gasteiger partial charge in [-0.3, -0.25) is 4.79 Å². The number of hydrazone groups is 1. The van der Waals surface area contributed by atoms with Gasteiger partial charge in [0.15, 0.2) is 5.76 Å². The second-order valence-electron chi connectivity index (χ2n) is 5.08. The highest BCUT2D eigenvalue weighted by atomic mass is 35.5. The lowest BCUT2D eigenvalue weighted by Gasteiger charge is -2.23.